The average molecular weight is 211 g/mol. The Hall–Kier alpha value is -1.45. The van der Waals surface area contributed by atoms with Crippen LogP contribution in [-0.4, -0.2) is 17.2 Å². The van der Waals surface area contributed by atoms with Gasteiger partial charge in [0.05, 0.1) is 11.2 Å². The van der Waals surface area contributed by atoms with Gasteiger partial charge in [-0.15, -0.1) is 0 Å². The summed E-state index contributed by atoms with van der Waals surface area (Å²) in [6.07, 6.45) is 1.03. The summed E-state index contributed by atoms with van der Waals surface area (Å²) in [5, 5.41) is 1.19. The van der Waals surface area contributed by atoms with Crippen LogP contribution in [0.5, 0.6) is 0 Å². The molecule has 0 saturated carbocycles. The van der Waals surface area contributed by atoms with Crippen LogP contribution >= 0.6 is 0 Å². The van der Waals surface area contributed by atoms with Gasteiger partial charge >= 0.3 is 0 Å². The predicted octanol–water partition coefficient (Wildman–Crippen LogP) is 2.13. The lowest BCUT2D eigenvalue weighted by molar-refractivity contribution is 0.303. The van der Waals surface area contributed by atoms with Crippen molar-refractivity contribution in [2.45, 2.75) is 24.4 Å². The van der Waals surface area contributed by atoms with Crippen molar-refractivity contribution in [1.82, 2.24) is 4.98 Å². The molecule has 1 aliphatic carbocycles. The Bertz CT molecular complexity index is 570. The smallest absolute Gasteiger partial charge is 0.129 e. The molecule has 0 bridgehead atoms. The van der Waals surface area contributed by atoms with Crippen LogP contribution in [-0.2, 0) is 9.47 Å². The molecule has 0 radical (unpaired) electrons. The van der Waals surface area contributed by atoms with Gasteiger partial charge in [-0.3, -0.25) is 0 Å². The van der Waals surface area contributed by atoms with Crippen molar-refractivity contribution in [1.29, 1.82) is 0 Å². The topological polar surface area (TPSA) is 38.0 Å². The second-order valence-corrected chi connectivity index (χ2v) is 4.70. The summed E-state index contributed by atoms with van der Waals surface area (Å²) in [5.41, 5.74) is 3.39. The molecule has 3 aliphatic rings. The molecule has 3 nitrogen and oxygen atoms in total. The standard InChI is InChI=1S/C13H9NO2/c1-2-4-8-6(3-1)5-7-9(14-8)11-13(16-11)12-10(7)15-12/h1-5,10-13H/t10-,11-,12-,13-/m0/s1. The van der Waals surface area contributed by atoms with Gasteiger partial charge in [-0.05, 0) is 12.1 Å². The van der Waals surface area contributed by atoms with Crippen molar-refractivity contribution in [3.8, 4) is 0 Å². The predicted molar refractivity (Wildman–Crippen MR) is 57.0 cm³/mol. The van der Waals surface area contributed by atoms with Crippen LogP contribution in [0.15, 0.2) is 30.3 Å². The third-order valence-corrected chi connectivity index (χ3v) is 3.74. The molecular formula is C13H9NO2. The number of pyridine rings is 1. The monoisotopic (exact) mass is 211 g/mol. The Morgan fingerprint density at radius 2 is 1.81 bits per heavy atom. The molecule has 0 amide bonds. The fourth-order valence-electron chi connectivity index (χ4n) is 2.82. The first kappa shape index (κ1) is 7.76. The number of benzene rings is 1. The summed E-state index contributed by atoms with van der Waals surface area (Å²) >= 11 is 0. The van der Waals surface area contributed by atoms with Crippen molar-refractivity contribution in [3.05, 3.63) is 41.6 Å². The van der Waals surface area contributed by atoms with Crippen LogP contribution in [0.1, 0.15) is 23.5 Å². The fraction of sp³-hybridized carbons (Fsp3) is 0.308. The lowest BCUT2D eigenvalue weighted by Gasteiger charge is -2.09. The highest BCUT2D eigenvalue weighted by Gasteiger charge is 2.64. The molecular weight excluding hydrogens is 202 g/mol. The minimum absolute atomic E-state index is 0.198. The number of epoxide rings is 2. The summed E-state index contributed by atoms with van der Waals surface area (Å²) in [6, 6.07) is 10.4. The normalized spacial score (nSPS) is 37.5. The SMILES string of the molecule is c1ccc2nc3c(cc2c1)[C@@H]1O[C@@H]1[C@H]1O[C@@H]31. The van der Waals surface area contributed by atoms with E-state index in [1.54, 1.807) is 0 Å². The Kier molecular flexibility index (Phi) is 1.11. The number of hydrogen-bond acceptors (Lipinski definition) is 3. The maximum Gasteiger partial charge on any atom is 0.129 e. The fourth-order valence-corrected chi connectivity index (χ4v) is 2.82. The van der Waals surface area contributed by atoms with Crippen molar-refractivity contribution in [3.63, 3.8) is 0 Å². The van der Waals surface area contributed by atoms with E-state index in [1.807, 2.05) is 18.2 Å². The molecule has 3 heteroatoms. The van der Waals surface area contributed by atoms with Crippen molar-refractivity contribution in [2.24, 2.45) is 0 Å². The molecule has 4 atom stereocenters. The van der Waals surface area contributed by atoms with Crippen LogP contribution in [0.3, 0.4) is 0 Å². The van der Waals surface area contributed by atoms with Crippen LogP contribution in [0.4, 0.5) is 0 Å². The van der Waals surface area contributed by atoms with E-state index in [4.69, 9.17) is 14.5 Å². The molecule has 1 aromatic carbocycles. The summed E-state index contributed by atoms with van der Waals surface area (Å²) in [4.78, 5) is 4.71. The quantitative estimate of drug-likeness (QED) is 0.626. The van der Waals surface area contributed by atoms with E-state index < -0.39 is 0 Å². The number of hydrogen-bond donors (Lipinski definition) is 0. The zero-order valence-corrected chi connectivity index (χ0v) is 8.46. The maximum absolute atomic E-state index is 5.64. The molecule has 1 aromatic heterocycles. The molecule has 5 rings (SSSR count). The van der Waals surface area contributed by atoms with Crippen LogP contribution in [0.25, 0.3) is 10.9 Å². The van der Waals surface area contributed by atoms with E-state index in [9.17, 15) is 0 Å². The van der Waals surface area contributed by atoms with Gasteiger partial charge in [-0.1, -0.05) is 18.2 Å². The largest absolute Gasteiger partial charge is 0.361 e. The van der Waals surface area contributed by atoms with E-state index in [0.29, 0.717) is 6.10 Å². The Morgan fingerprint density at radius 1 is 1.00 bits per heavy atom. The minimum Gasteiger partial charge on any atom is -0.361 e. The van der Waals surface area contributed by atoms with Crippen molar-refractivity contribution < 1.29 is 9.47 Å². The van der Waals surface area contributed by atoms with Gasteiger partial charge in [-0.25, -0.2) is 4.98 Å². The zero-order valence-electron chi connectivity index (χ0n) is 8.46. The molecule has 2 aromatic rings. The second-order valence-electron chi connectivity index (χ2n) is 4.70. The van der Waals surface area contributed by atoms with Gasteiger partial charge in [0.2, 0.25) is 0 Å². The van der Waals surface area contributed by atoms with Gasteiger partial charge in [0, 0.05) is 10.9 Å². The minimum atomic E-state index is 0.198. The molecule has 2 aliphatic heterocycles. The second kappa shape index (κ2) is 2.29. The Labute approximate surface area is 92.0 Å². The number of ether oxygens (including phenoxy) is 2. The van der Waals surface area contributed by atoms with Crippen LogP contribution in [0.2, 0.25) is 0 Å². The Morgan fingerprint density at radius 3 is 2.81 bits per heavy atom. The van der Waals surface area contributed by atoms with E-state index in [0.717, 1.165) is 11.2 Å². The summed E-state index contributed by atoms with van der Waals surface area (Å²) < 4.78 is 11.3. The number of rotatable bonds is 0. The van der Waals surface area contributed by atoms with Crippen molar-refractivity contribution >= 4 is 10.9 Å². The third kappa shape index (κ3) is 0.807. The van der Waals surface area contributed by atoms with E-state index in [-0.39, 0.29) is 18.3 Å². The molecule has 2 fully saturated rings. The zero-order chi connectivity index (χ0) is 10.3. The Balaban J connectivity index is 1.86. The van der Waals surface area contributed by atoms with Gasteiger partial charge in [0.1, 0.15) is 24.4 Å². The first-order valence-corrected chi connectivity index (χ1v) is 5.62. The third-order valence-electron chi connectivity index (χ3n) is 3.74. The number of fused-ring (bicyclic) bond motifs is 7. The average Bonchev–Trinajstić information content (AvgIpc) is 3.16. The molecule has 0 spiro atoms. The first-order chi connectivity index (χ1) is 7.92. The molecule has 0 N–H and O–H groups in total. The molecule has 3 heterocycles. The number of para-hydroxylation sites is 1. The highest BCUT2D eigenvalue weighted by molar-refractivity contribution is 5.80. The van der Waals surface area contributed by atoms with E-state index >= 15 is 0 Å². The van der Waals surface area contributed by atoms with Crippen LogP contribution in [0, 0.1) is 0 Å². The molecule has 2 saturated heterocycles. The van der Waals surface area contributed by atoms with Crippen molar-refractivity contribution in [2.75, 3.05) is 0 Å². The first-order valence-electron chi connectivity index (χ1n) is 5.62. The number of nitrogens with zero attached hydrogens (tertiary/aromatic N) is 1. The van der Waals surface area contributed by atoms with Crippen LogP contribution < -0.4 is 0 Å². The lowest BCUT2D eigenvalue weighted by Crippen LogP contribution is -2.09. The van der Waals surface area contributed by atoms with Gasteiger partial charge in [0.15, 0.2) is 0 Å². The van der Waals surface area contributed by atoms with E-state index in [2.05, 4.69) is 12.1 Å². The highest BCUT2D eigenvalue weighted by atomic mass is 16.7. The summed E-state index contributed by atoms with van der Waals surface area (Å²) in [5.74, 6) is 0. The lowest BCUT2D eigenvalue weighted by atomic mass is 9.95. The highest BCUT2D eigenvalue weighted by Crippen LogP contribution is 2.60. The molecule has 16 heavy (non-hydrogen) atoms. The maximum atomic E-state index is 5.64. The van der Waals surface area contributed by atoms with Gasteiger partial charge < -0.3 is 9.47 Å². The van der Waals surface area contributed by atoms with E-state index in [1.165, 1.54) is 10.9 Å². The summed E-state index contributed by atoms with van der Waals surface area (Å²) in [7, 11) is 0. The molecule has 0 unspecified atom stereocenters. The summed E-state index contributed by atoms with van der Waals surface area (Å²) in [6.45, 7) is 0. The number of aromatic nitrogens is 1. The van der Waals surface area contributed by atoms with Gasteiger partial charge in [0.25, 0.3) is 0 Å². The van der Waals surface area contributed by atoms with Gasteiger partial charge in [-0.2, -0.15) is 0 Å². The molecule has 78 valence electrons.